The molecule has 1 N–H and O–H groups in total. The zero-order valence-corrected chi connectivity index (χ0v) is 13.7. The fraction of sp³-hybridized carbons (Fsp3) is 0.125. The van der Waals surface area contributed by atoms with Gasteiger partial charge in [0.2, 0.25) is 0 Å². The largest absolute Gasteiger partial charge is 0.507 e. The van der Waals surface area contributed by atoms with Gasteiger partial charge in [0, 0.05) is 11.1 Å². The summed E-state index contributed by atoms with van der Waals surface area (Å²) in [6, 6.07) is 13.8. The monoisotopic (exact) mass is 334 g/mol. The van der Waals surface area contributed by atoms with Crippen molar-refractivity contribution in [2.45, 2.75) is 21.3 Å². The van der Waals surface area contributed by atoms with E-state index in [4.69, 9.17) is 4.42 Å². The summed E-state index contributed by atoms with van der Waals surface area (Å²) in [6.07, 6.45) is 0.955. The minimum absolute atomic E-state index is 0.255. The molecular weight excluding hydrogens is 320 g/mol. The van der Waals surface area contributed by atoms with Crippen molar-refractivity contribution < 1.29 is 9.52 Å². The zero-order chi connectivity index (χ0) is 14.8. The van der Waals surface area contributed by atoms with Gasteiger partial charge in [-0.3, -0.25) is 0 Å². The molecule has 3 rings (SSSR count). The van der Waals surface area contributed by atoms with Gasteiger partial charge in [-0.15, -0.1) is 37.0 Å². The standard InChI is InChI=1S/C16H14O2S3/c17-12-8-11-13(18-16(20)15(11)19)9-14(12)21-7-6-10-4-2-1-3-5-10/h1-5,8-9,17,19-20H,6-7H2. The van der Waals surface area contributed by atoms with Gasteiger partial charge in [0.1, 0.15) is 11.3 Å². The maximum atomic E-state index is 10.1. The Bertz CT molecular complexity index is 766. The maximum Gasteiger partial charge on any atom is 0.171 e. The van der Waals surface area contributed by atoms with E-state index in [0.29, 0.717) is 15.6 Å². The van der Waals surface area contributed by atoms with Crippen LogP contribution in [-0.2, 0) is 6.42 Å². The average Bonchev–Trinajstić information content (AvgIpc) is 2.76. The smallest absolute Gasteiger partial charge is 0.171 e. The summed E-state index contributed by atoms with van der Waals surface area (Å²) in [5.41, 5.74) is 1.99. The van der Waals surface area contributed by atoms with Gasteiger partial charge >= 0.3 is 0 Å². The summed E-state index contributed by atoms with van der Waals surface area (Å²) in [7, 11) is 0. The summed E-state index contributed by atoms with van der Waals surface area (Å²) in [5.74, 6) is 1.15. The number of hydrogen-bond donors (Lipinski definition) is 3. The molecule has 0 bridgehead atoms. The Labute approximate surface area is 138 Å². The van der Waals surface area contributed by atoms with Crippen LogP contribution in [0.5, 0.6) is 5.75 Å². The lowest BCUT2D eigenvalue weighted by Crippen LogP contribution is -1.88. The van der Waals surface area contributed by atoms with Crippen molar-refractivity contribution in [1.82, 2.24) is 0 Å². The predicted octanol–water partition coefficient (Wildman–Crippen LogP) is 5.05. The normalized spacial score (nSPS) is 11.1. The molecule has 0 amide bonds. The highest BCUT2D eigenvalue weighted by atomic mass is 32.2. The number of rotatable bonds is 4. The van der Waals surface area contributed by atoms with E-state index in [1.54, 1.807) is 17.8 Å². The summed E-state index contributed by atoms with van der Waals surface area (Å²) in [5, 5.41) is 11.4. The topological polar surface area (TPSA) is 33.4 Å². The van der Waals surface area contributed by atoms with Crippen LogP contribution < -0.4 is 0 Å². The second-order valence-corrected chi connectivity index (χ2v) is 6.65. The summed E-state index contributed by atoms with van der Waals surface area (Å²) < 4.78 is 5.52. The highest BCUT2D eigenvalue weighted by Crippen LogP contribution is 2.38. The fourth-order valence-corrected chi connectivity index (χ4v) is 3.52. The van der Waals surface area contributed by atoms with Crippen LogP contribution in [-0.4, -0.2) is 10.9 Å². The number of phenolic OH excluding ortho intramolecular Hbond substituents is 1. The number of thioether (sulfide) groups is 1. The molecule has 5 heteroatoms. The second kappa shape index (κ2) is 6.30. The number of hydrogen-bond acceptors (Lipinski definition) is 5. The Morgan fingerprint density at radius 1 is 1.10 bits per heavy atom. The summed E-state index contributed by atoms with van der Waals surface area (Å²) in [4.78, 5) is 1.47. The Hall–Kier alpha value is -1.17. The van der Waals surface area contributed by atoms with Crippen LogP contribution in [0.2, 0.25) is 0 Å². The SMILES string of the molecule is Oc1cc2c(S)c(S)oc2cc1SCCc1ccccc1. The molecule has 3 aromatic rings. The number of benzene rings is 2. The predicted molar refractivity (Wildman–Crippen MR) is 93.3 cm³/mol. The highest BCUT2D eigenvalue weighted by Gasteiger charge is 2.12. The second-order valence-electron chi connectivity index (χ2n) is 4.66. The molecule has 0 saturated heterocycles. The van der Waals surface area contributed by atoms with Crippen LogP contribution in [0.4, 0.5) is 0 Å². The van der Waals surface area contributed by atoms with Crippen LogP contribution in [0.1, 0.15) is 5.56 Å². The Morgan fingerprint density at radius 2 is 1.86 bits per heavy atom. The van der Waals surface area contributed by atoms with Crippen molar-refractivity contribution in [3.8, 4) is 5.75 Å². The van der Waals surface area contributed by atoms with Gasteiger partial charge in [-0.2, -0.15) is 0 Å². The lowest BCUT2D eigenvalue weighted by atomic mass is 10.2. The van der Waals surface area contributed by atoms with E-state index in [2.05, 4.69) is 37.4 Å². The first-order valence-electron chi connectivity index (χ1n) is 6.49. The third kappa shape index (κ3) is 3.20. The van der Waals surface area contributed by atoms with Crippen LogP contribution in [0.25, 0.3) is 11.0 Å². The number of fused-ring (bicyclic) bond motifs is 1. The Morgan fingerprint density at radius 3 is 2.62 bits per heavy atom. The number of thiol groups is 2. The van der Waals surface area contributed by atoms with Gasteiger partial charge in [0.25, 0.3) is 0 Å². The number of phenols is 1. The van der Waals surface area contributed by atoms with Gasteiger partial charge in [-0.05, 0) is 24.1 Å². The molecule has 2 nitrogen and oxygen atoms in total. The molecule has 0 atom stereocenters. The van der Waals surface area contributed by atoms with Crippen molar-refractivity contribution in [3.63, 3.8) is 0 Å². The molecule has 1 aromatic heterocycles. The first kappa shape index (κ1) is 14.8. The lowest BCUT2D eigenvalue weighted by molar-refractivity contribution is 0.462. The van der Waals surface area contributed by atoms with Crippen LogP contribution in [0, 0.1) is 0 Å². The quantitative estimate of drug-likeness (QED) is 0.461. The molecule has 0 aliphatic carbocycles. The van der Waals surface area contributed by atoms with E-state index in [1.807, 2.05) is 24.3 Å². The molecular formula is C16H14O2S3. The summed E-state index contributed by atoms with van der Waals surface area (Å²) >= 11 is 10.2. The van der Waals surface area contributed by atoms with Crippen LogP contribution >= 0.6 is 37.0 Å². The van der Waals surface area contributed by atoms with Crippen LogP contribution in [0.3, 0.4) is 0 Å². The molecule has 0 fully saturated rings. The maximum absolute atomic E-state index is 10.1. The first-order chi connectivity index (χ1) is 10.1. The van der Waals surface area contributed by atoms with E-state index >= 15 is 0 Å². The third-order valence-corrected chi connectivity index (χ3v) is 5.20. The number of aryl methyl sites for hydroxylation is 1. The molecule has 2 aromatic carbocycles. The molecule has 21 heavy (non-hydrogen) atoms. The van der Waals surface area contributed by atoms with Gasteiger partial charge in [-0.25, -0.2) is 0 Å². The van der Waals surface area contributed by atoms with Gasteiger partial charge in [-0.1, -0.05) is 30.3 Å². The van der Waals surface area contributed by atoms with Crippen molar-refractivity contribution >= 4 is 48.0 Å². The first-order valence-corrected chi connectivity index (χ1v) is 8.37. The van der Waals surface area contributed by atoms with Gasteiger partial charge in [0.15, 0.2) is 5.09 Å². The van der Waals surface area contributed by atoms with Gasteiger partial charge < -0.3 is 9.52 Å². The van der Waals surface area contributed by atoms with Crippen molar-refractivity contribution in [1.29, 1.82) is 0 Å². The lowest BCUT2D eigenvalue weighted by Gasteiger charge is -2.05. The van der Waals surface area contributed by atoms with E-state index in [9.17, 15) is 5.11 Å². The van der Waals surface area contributed by atoms with E-state index in [1.165, 1.54) is 5.56 Å². The highest BCUT2D eigenvalue weighted by molar-refractivity contribution is 7.99. The molecule has 0 aliphatic heterocycles. The van der Waals surface area contributed by atoms with E-state index in [0.717, 1.165) is 22.5 Å². The Balaban J connectivity index is 1.76. The van der Waals surface area contributed by atoms with Gasteiger partial charge in [0.05, 0.1) is 9.79 Å². The Kier molecular flexibility index (Phi) is 4.42. The number of furan rings is 1. The van der Waals surface area contributed by atoms with Crippen molar-refractivity contribution in [2.24, 2.45) is 0 Å². The molecule has 108 valence electrons. The molecule has 0 unspecified atom stereocenters. The van der Waals surface area contributed by atoms with Crippen molar-refractivity contribution in [3.05, 3.63) is 48.0 Å². The third-order valence-electron chi connectivity index (χ3n) is 3.22. The summed E-state index contributed by atoms with van der Waals surface area (Å²) in [6.45, 7) is 0. The average molecular weight is 334 g/mol. The molecule has 1 heterocycles. The molecule has 0 aliphatic rings. The molecule has 0 radical (unpaired) electrons. The van der Waals surface area contributed by atoms with E-state index in [-0.39, 0.29) is 5.75 Å². The molecule has 0 spiro atoms. The van der Waals surface area contributed by atoms with Crippen LogP contribution in [0.15, 0.2) is 61.8 Å². The minimum atomic E-state index is 0.255. The van der Waals surface area contributed by atoms with E-state index < -0.39 is 0 Å². The number of aromatic hydroxyl groups is 1. The van der Waals surface area contributed by atoms with Crippen molar-refractivity contribution in [2.75, 3.05) is 5.75 Å². The zero-order valence-electron chi connectivity index (χ0n) is 11.1. The molecule has 0 saturated carbocycles. The fourth-order valence-electron chi connectivity index (χ4n) is 2.13. The minimum Gasteiger partial charge on any atom is -0.507 e.